The highest BCUT2D eigenvalue weighted by Crippen LogP contribution is 2.31. The molecule has 0 saturated carbocycles. The molecule has 0 aliphatic heterocycles. The van der Waals surface area contributed by atoms with E-state index in [2.05, 4.69) is 0 Å². The fourth-order valence-electron chi connectivity index (χ4n) is 2.52. The number of hydrogen-bond acceptors (Lipinski definition) is 5. The number of ether oxygens (including phenoxy) is 2. The number of hydrogen-bond donors (Lipinski definition) is 0. The topological polar surface area (TPSA) is 52.6 Å². The van der Waals surface area contributed by atoms with Crippen LogP contribution in [0.1, 0.15) is 24.2 Å². The van der Waals surface area contributed by atoms with E-state index in [0.29, 0.717) is 23.1 Å². The lowest BCUT2D eigenvalue weighted by atomic mass is 10.1. The van der Waals surface area contributed by atoms with Gasteiger partial charge in [0.1, 0.15) is 5.75 Å². The van der Waals surface area contributed by atoms with Crippen molar-refractivity contribution in [2.45, 2.75) is 13.8 Å². The lowest BCUT2D eigenvalue weighted by Gasteiger charge is -2.10. The van der Waals surface area contributed by atoms with Gasteiger partial charge in [0, 0.05) is 14.8 Å². The van der Waals surface area contributed by atoms with E-state index < -0.39 is 5.97 Å². The molecule has 0 unspecified atom stereocenters. The Labute approximate surface area is 137 Å². The lowest BCUT2D eigenvalue weighted by molar-refractivity contribution is 0.0528. The molecule has 3 rings (SSSR count). The highest BCUT2D eigenvalue weighted by atomic mass is 32.1. The van der Waals surface area contributed by atoms with Crippen molar-refractivity contribution in [2.75, 3.05) is 13.2 Å². The predicted octanol–water partition coefficient (Wildman–Crippen LogP) is 3.99. The summed E-state index contributed by atoms with van der Waals surface area (Å²) in [4.78, 5) is 25.1. The first-order chi connectivity index (χ1) is 11.2. The lowest BCUT2D eigenvalue weighted by Crippen LogP contribution is -2.11. The van der Waals surface area contributed by atoms with Gasteiger partial charge >= 0.3 is 5.97 Å². The first kappa shape index (κ1) is 15.5. The minimum atomic E-state index is -0.501. The van der Waals surface area contributed by atoms with Gasteiger partial charge in [0.2, 0.25) is 0 Å². The fourth-order valence-corrected chi connectivity index (χ4v) is 3.66. The van der Waals surface area contributed by atoms with E-state index in [9.17, 15) is 9.59 Å². The SMILES string of the molecule is CCOC(=O)c1cc(OCC)cc2sc3ccccc3c(=O)c12. The van der Waals surface area contributed by atoms with Gasteiger partial charge < -0.3 is 9.47 Å². The van der Waals surface area contributed by atoms with Crippen LogP contribution in [0.15, 0.2) is 41.2 Å². The van der Waals surface area contributed by atoms with Crippen molar-refractivity contribution in [1.82, 2.24) is 0 Å². The van der Waals surface area contributed by atoms with Crippen molar-refractivity contribution in [2.24, 2.45) is 0 Å². The Morgan fingerprint density at radius 3 is 2.61 bits per heavy atom. The van der Waals surface area contributed by atoms with Gasteiger partial charge in [-0.3, -0.25) is 4.79 Å². The van der Waals surface area contributed by atoms with Crippen molar-refractivity contribution >= 4 is 37.5 Å². The van der Waals surface area contributed by atoms with Crippen molar-refractivity contribution < 1.29 is 14.3 Å². The molecule has 0 atom stereocenters. The van der Waals surface area contributed by atoms with Crippen molar-refractivity contribution in [3.63, 3.8) is 0 Å². The van der Waals surface area contributed by atoms with Gasteiger partial charge in [-0.2, -0.15) is 0 Å². The summed E-state index contributed by atoms with van der Waals surface area (Å²) in [5, 5.41) is 1.01. The quantitative estimate of drug-likeness (QED) is 0.537. The second-order valence-corrected chi connectivity index (χ2v) is 6.01. The maximum absolute atomic E-state index is 12.8. The zero-order valence-electron chi connectivity index (χ0n) is 12.9. The summed E-state index contributed by atoms with van der Waals surface area (Å²) >= 11 is 1.47. The van der Waals surface area contributed by atoms with E-state index in [1.54, 1.807) is 25.1 Å². The fraction of sp³-hybridized carbons (Fsp3) is 0.222. The Hall–Kier alpha value is -2.40. The molecule has 5 heteroatoms. The van der Waals surface area contributed by atoms with Gasteiger partial charge in [-0.25, -0.2) is 4.79 Å². The normalized spacial score (nSPS) is 10.9. The van der Waals surface area contributed by atoms with Gasteiger partial charge in [-0.05, 0) is 38.1 Å². The molecular formula is C18H16O4S. The van der Waals surface area contributed by atoms with E-state index in [-0.39, 0.29) is 17.6 Å². The third-order valence-corrected chi connectivity index (χ3v) is 4.58. The van der Waals surface area contributed by atoms with Crippen LogP contribution in [0.3, 0.4) is 0 Å². The van der Waals surface area contributed by atoms with Crippen LogP contribution in [-0.4, -0.2) is 19.2 Å². The van der Waals surface area contributed by atoms with Gasteiger partial charge in [-0.15, -0.1) is 11.3 Å². The molecule has 1 heterocycles. The van der Waals surface area contributed by atoms with E-state index in [4.69, 9.17) is 9.47 Å². The maximum atomic E-state index is 12.8. The molecule has 2 aromatic carbocycles. The Morgan fingerprint density at radius 1 is 1.09 bits per heavy atom. The van der Waals surface area contributed by atoms with E-state index in [1.807, 2.05) is 25.1 Å². The van der Waals surface area contributed by atoms with E-state index in [1.165, 1.54) is 11.3 Å². The molecule has 118 valence electrons. The first-order valence-electron chi connectivity index (χ1n) is 7.45. The number of esters is 1. The molecular weight excluding hydrogens is 312 g/mol. The summed E-state index contributed by atoms with van der Waals surface area (Å²) < 4.78 is 12.2. The molecule has 0 N–H and O–H groups in total. The van der Waals surface area contributed by atoms with Crippen LogP contribution in [0, 0.1) is 0 Å². The molecule has 0 bridgehead atoms. The molecule has 23 heavy (non-hydrogen) atoms. The van der Waals surface area contributed by atoms with Crippen LogP contribution in [-0.2, 0) is 4.74 Å². The first-order valence-corrected chi connectivity index (χ1v) is 8.26. The third kappa shape index (κ3) is 2.80. The summed E-state index contributed by atoms with van der Waals surface area (Å²) in [7, 11) is 0. The van der Waals surface area contributed by atoms with Crippen molar-refractivity contribution in [3.8, 4) is 5.75 Å². The number of rotatable bonds is 4. The highest BCUT2D eigenvalue weighted by Gasteiger charge is 2.18. The van der Waals surface area contributed by atoms with Gasteiger partial charge in [0.15, 0.2) is 5.43 Å². The van der Waals surface area contributed by atoms with E-state index in [0.717, 1.165) is 9.40 Å². The molecule has 4 nitrogen and oxygen atoms in total. The smallest absolute Gasteiger partial charge is 0.339 e. The number of carbonyl (C=O) groups excluding carboxylic acids is 1. The van der Waals surface area contributed by atoms with Crippen LogP contribution in [0.4, 0.5) is 0 Å². The largest absolute Gasteiger partial charge is 0.494 e. The average molecular weight is 328 g/mol. The second kappa shape index (κ2) is 6.38. The van der Waals surface area contributed by atoms with Crippen molar-refractivity contribution in [1.29, 1.82) is 0 Å². The zero-order chi connectivity index (χ0) is 16.4. The molecule has 0 amide bonds. The average Bonchev–Trinajstić information content (AvgIpc) is 2.55. The van der Waals surface area contributed by atoms with Gasteiger partial charge in [-0.1, -0.05) is 12.1 Å². The molecule has 0 aliphatic carbocycles. The minimum absolute atomic E-state index is 0.152. The number of carbonyl (C=O) groups is 1. The molecule has 0 fully saturated rings. The van der Waals surface area contributed by atoms with Gasteiger partial charge in [0.25, 0.3) is 0 Å². The summed E-state index contributed by atoms with van der Waals surface area (Å²) in [5.41, 5.74) is 0.111. The van der Waals surface area contributed by atoms with Crippen LogP contribution in [0.5, 0.6) is 5.75 Å². The molecule has 0 spiro atoms. The minimum Gasteiger partial charge on any atom is -0.494 e. The second-order valence-electron chi connectivity index (χ2n) is 4.92. The molecule has 0 saturated heterocycles. The third-order valence-electron chi connectivity index (χ3n) is 3.46. The summed E-state index contributed by atoms with van der Waals surface area (Å²) in [5.74, 6) is 0.0626. The summed E-state index contributed by atoms with van der Waals surface area (Å²) in [6.45, 7) is 4.35. The van der Waals surface area contributed by atoms with Crippen LogP contribution < -0.4 is 10.2 Å². The Bertz CT molecular complexity index is 943. The maximum Gasteiger partial charge on any atom is 0.339 e. The Morgan fingerprint density at radius 2 is 1.87 bits per heavy atom. The highest BCUT2D eigenvalue weighted by molar-refractivity contribution is 7.24. The zero-order valence-corrected chi connectivity index (χ0v) is 13.7. The molecule has 0 radical (unpaired) electrons. The monoisotopic (exact) mass is 328 g/mol. The molecule has 1 aromatic heterocycles. The van der Waals surface area contributed by atoms with Crippen LogP contribution >= 0.6 is 11.3 Å². The van der Waals surface area contributed by atoms with Gasteiger partial charge in [0.05, 0.1) is 24.2 Å². The summed E-state index contributed by atoms with van der Waals surface area (Å²) in [6, 6.07) is 10.8. The standard InChI is InChI=1S/C18H16O4S/c1-3-21-11-9-13(18(20)22-4-2)16-15(10-11)23-14-8-6-5-7-12(14)17(16)19/h5-10H,3-4H2,1-2H3. The molecule has 3 aromatic rings. The predicted molar refractivity (Wildman–Crippen MR) is 92.7 cm³/mol. The summed E-state index contributed by atoms with van der Waals surface area (Å²) in [6.07, 6.45) is 0. The molecule has 0 aliphatic rings. The van der Waals surface area contributed by atoms with Crippen LogP contribution in [0.2, 0.25) is 0 Å². The number of fused-ring (bicyclic) bond motifs is 2. The van der Waals surface area contributed by atoms with E-state index >= 15 is 0 Å². The number of benzene rings is 2. The Kier molecular flexibility index (Phi) is 4.30. The Balaban J connectivity index is 2.40. The van der Waals surface area contributed by atoms with Crippen LogP contribution in [0.25, 0.3) is 20.2 Å². The van der Waals surface area contributed by atoms with Crippen molar-refractivity contribution in [3.05, 3.63) is 52.2 Å².